The number of rotatable bonds is 4. The van der Waals surface area contributed by atoms with Crippen LogP contribution in [0.1, 0.15) is 41.9 Å². The van der Waals surface area contributed by atoms with E-state index in [0.717, 1.165) is 45.6 Å². The van der Waals surface area contributed by atoms with Crippen LogP contribution in [0.4, 0.5) is 0 Å². The first-order valence-corrected chi connectivity index (χ1v) is 8.43. The number of benzene rings is 1. The first-order valence-electron chi connectivity index (χ1n) is 8.43. The zero-order valence-corrected chi connectivity index (χ0v) is 13.6. The summed E-state index contributed by atoms with van der Waals surface area (Å²) in [7, 11) is 2.19. The summed E-state index contributed by atoms with van der Waals surface area (Å²) in [5, 5.41) is 0. The summed E-state index contributed by atoms with van der Waals surface area (Å²) in [5.74, 6) is 0.151. The van der Waals surface area contributed by atoms with Crippen LogP contribution in [0, 0.1) is 0 Å². The molecule has 0 bridgehead atoms. The Bertz CT molecular complexity index is 535. The molecule has 4 nitrogen and oxygen atoms in total. The molecular formula is C18H27N3O. The van der Waals surface area contributed by atoms with Crippen LogP contribution in [-0.4, -0.2) is 48.9 Å². The van der Waals surface area contributed by atoms with Crippen molar-refractivity contribution in [2.75, 3.05) is 33.2 Å². The summed E-state index contributed by atoms with van der Waals surface area (Å²) < 4.78 is 0. The number of hydrogen-bond acceptors (Lipinski definition) is 3. The normalized spacial score (nSPS) is 23.2. The Kier molecular flexibility index (Phi) is 4.79. The fraction of sp³-hybridized carbons (Fsp3) is 0.611. The standard InChI is InChI=1S/C18H27N3O/c1-20-7-9-21(10-8-20)13-14-5-6-17-15(11-14)3-2-4-16(17)12-18(19)22/h5-6,11,16H,2-4,7-10,12-13H2,1H3,(H2,19,22)/t16-/m1/s1. The highest BCUT2D eigenvalue weighted by Gasteiger charge is 2.22. The maximum atomic E-state index is 11.2. The highest BCUT2D eigenvalue weighted by atomic mass is 16.1. The van der Waals surface area contributed by atoms with E-state index in [0.29, 0.717) is 12.3 Å². The average Bonchev–Trinajstić information content (AvgIpc) is 2.49. The SMILES string of the molecule is CN1CCN(Cc2ccc3c(c2)CCC[C@@H]3CC(N)=O)CC1. The van der Waals surface area contributed by atoms with Crippen LogP contribution >= 0.6 is 0 Å². The molecule has 1 atom stereocenters. The van der Waals surface area contributed by atoms with Gasteiger partial charge in [-0.25, -0.2) is 0 Å². The molecule has 1 aliphatic carbocycles. The van der Waals surface area contributed by atoms with E-state index in [-0.39, 0.29) is 5.91 Å². The van der Waals surface area contributed by atoms with E-state index in [4.69, 9.17) is 5.73 Å². The lowest BCUT2D eigenvalue weighted by Gasteiger charge is -2.33. The third-order valence-corrected chi connectivity index (χ3v) is 5.10. The predicted octanol–water partition coefficient (Wildman–Crippen LogP) is 1.73. The minimum Gasteiger partial charge on any atom is -0.370 e. The Morgan fingerprint density at radius 1 is 1.27 bits per heavy atom. The minimum atomic E-state index is -0.181. The maximum Gasteiger partial charge on any atom is 0.218 e. The summed E-state index contributed by atoms with van der Waals surface area (Å²) >= 11 is 0. The number of likely N-dealkylation sites (N-methyl/N-ethyl adjacent to an activating group) is 1. The van der Waals surface area contributed by atoms with Crippen molar-refractivity contribution in [2.45, 2.75) is 38.1 Å². The van der Waals surface area contributed by atoms with E-state index < -0.39 is 0 Å². The van der Waals surface area contributed by atoms with Crippen molar-refractivity contribution >= 4 is 5.91 Å². The van der Waals surface area contributed by atoms with E-state index in [1.165, 1.54) is 23.1 Å². The van der Waals surface area contributed by atoms with Gasteiger partial charge in [0.25, 0.3) is 0 Å². The summed E-state index contributed by atoms with van der Waals surface area (Å²) in [6.07, 6.45) is 3.89. The first kappa shape index (κ1) is 15.5. The number of aryl methyl sites for hydroxylation is 1. The Hall–Kier alpha value is -1.39. The molecular weight excluding hydrogens is 274 g/mol. The van der Waals surface area contributed by atoms with Gasteiger partial charge >= 0.3 is 0 Å². The van der Waals surface area contributed by atoms with Crippen LogP contribution in [-0.2, 0) is 17.8 Å². The van der Waals surface area contributed by atoms with Gasteiger partial charge in [-0.1, -0.05) is 18.2 Å². The number of hydrogen-bond donors (Lipinski definition) is 1. The van der Waals surface area contributed by atoms with Gasteiger partial charge in [0, 0.05) is 39.1 Å². The molecule has 3 rings (SSSR count). The van der Waals surface area contributed by atoms with Gasteiger partial charge in [-0.05, 0) is 48.9 Å². The lowest BCUT2D eigenvalue weighted by atomic mass is 9.80. The Morgan fingerprint density at radius 2 is 2.05 bits per heavy atom. The highest BCUT2D eigenvalue weighted by Crippen LogP contribution is 2.34. The van der Waals surface area contributed by atoms with Gasteiger partial charge in [0.2, 0.25) is 5.91 Å². The summed E-state index contributed by atoms with van der Waals surface area (Å²) in [4.78, 5) is 16.2. The second-order valence-electron chi connectivity index (χ2n) is 6.87. The first-order chi connectivity index (χ1) is 10.6. The van der Waals surface area contributed by atoms with Gasteiger partial charge in [-0.15, -0.1) is 0 Å². The number of nitrogens with zero attached hydrogens (tertiary/aromatic N) is 2. The van der Waals surface area contributed by atoms with Crippen molar-refractivity contribution < 1.29 is 4.79 Å². The molecule has 4 heteroatoms. The van der Waals surface area contributed by atoms with Crippen LogP contribution in [0.25, 0.3) is 0 Å². The third-order valence-electron chi connectivity index (χ3n) is 5.10. The number of carbonyl (C=O) groups is 1. The zero-order valence-electron chi connectivity index (χ0n) is 13.6. The Labute approximate surface area is 133 Å². The van der Waals surface area contributed by atoms with E-state index in [1.54, 1.807) is 0 Å². The monoisotopic (exact) mass is 301 g/mol. The topological polar surface area (TPSA) is 49.6 Å². The lowest BCUT2D eigenvalue weighted by Crippen LogP contribution is -2.43. The van der Waals surface area contributed by atoms with Gasteiger partial charge in [0.15, 0.2) is 0 Å². The number of primary amides is 1. The fourth-order valence-electron chi connectivity index (χ4n) is 3.79. The molecule has 120 valence electrons. The van der Waals surface area contributed by atoms with Gasteiger partial charge in [0.1, 0.15) is 0 Å². The van der Waals surface area contributed by atoms with E-state index in [2.05, 4.69) is 35.0 Å². The van der Waals surface area contributed by atoms with Crippen LogP contribution in [0.2, 0.25) is 0 Å². The van der Waals surface area contributed by atoms with Crippen molar-refractivity contribution in [3.63, 3.8) is 0 Å². The predicted molar refractivity (Wildman–Crippen MR) is 88.7 cm³/mol. The molecule has 1 aromatic rings. The maximum absolute atomic E-state index is 11.2. The number of nitrogens with two attached hydrogens (primary N) is 1. The minimum absolute atomic E-state index is 0.181. The number of fused-ring (bicyclic) bond motifs is 1. The molecule has 1 heterocycles. The van der Waals surface area contributed by atoms with Crippen LogP contribution in [0.15, 0.2) is 18.2 Å². The Balaban J connectivity index is 1.69. The molecule has 1 aliphatic heterocycles. The molecule has 1 amide bonds. The smallest absolute Gasteiger partial charge is 0.218 e. The molecule has 0 radical (unpaired) electrons. The molecule has 22 heavy (non-hydrogen) atoms. The molecule has 1 fully saturated rings. The second-order valence-corrected chi connectivity index (χ2v) is 6.87. The second kappa shape index (κ2) is 6.80. The zero-order chi connectivity index (χ0) is 15.5. The van der Waals surface area contributed by atoms with Crippen LogP contribution in [0.3, 0.4) is 0 Å². The lowest BCUT2D eigenvalue weighted by molar-refractivity contribution is -0.118. The molecule has 2 N–H and O–H groups in total. The van der Waals surface area contributed by atoms with Crippen molar-refractivity contribution in [3.8, 4) is 0 Å². The molecule has 0 unspecified atom stereocenters. The molecule has 1 aromatic carbocycles. The van der Waals surface area contributed by atoms with E-state index in [1.807, 2.05) is 0 Å². The fourth-order valence-corrected chi connectivity index (χ4v) is 3.79. The third kappa shape index (κ3) is 3.68. The van der Waals surface area contributed by atoms with E-state index in [9.17, 15) is 4.79 Å². The molecule has 2 aliphatic rings. The van der Waals surface area contributed by atoms with Crippen molar-refractivity contribution in [1.82, 2.24) is 9.80 Å². The van der Waals surface area contributed by atoms with Crippen molar-refractivity contribution in [1.29, 1.82) is 0 Å². The van der Waals surface area contributed by atoms with Gasteiger partial charge in [-0.2, -0.15) is 0 Å². The van der Waals surface area contributed by atoms with Crippen LogP contribution in [0.5, 0.6) is 0 Å². The molecule has 0 saturated carbocycles. The number of carbonyl (C=O) groups excluding carboxylic acids is 1. The quantitative estimate of drug-likeness (QED) is 0.921. The summed E-state index contributed by atoms with van der Waals surface area (Å²) in [6, 6.07) is 6.85. The van der Waals surface area contributed by atoms with Crippen molar-refractivity contribution in [2.24, 2.45) is 5.73 Å². The highest BCUT2D eigenvalue weighted by molar-refractivity contribution is 5.75. The summed E-state index contributed by atoms with van der Waals surface area (Å²) in [6.45, 7) is 5.66. The van der Waals surface area contributed by atoms with Crippen LogP contribution < -0.4 is 5.73 Å². The van der Waals surface area contributed by atoms with E-state index >= 15 is 0 Å². The number of piperazine rings is 1. The average molecular weight is 301 g/mol. The van der Waals surface area contributed by atoms with Gasteiger partial charge in [0.05, 0.1) is 0 Å². The number of amides is 1. The van der Waals surface area contributed by atoms with Gasteiger partial charge < -0.3 is 10.6 Å². The largest absolute Gasteiger partial charge is 0.370 e. The van der Waals surface area contributed by atoms with Crippen molar-refractivity contribution in [3.05, 3.63) is 34.9 Å². The molecule has 0 spiro atoms. The Morgan fingerprint density at radius 3 is 2.77 bits per heavy atom. The summed E-state index contributed by atoms with van der Waals surface area (Å²) in [5.41, 5.74) is 9.59. The molecule has 0 aromatic heterocycles. The van der Waals surface area contributed by atoms with Gasteiger partial charge in [-0.3, -0.25) is 9.69 Å². The molecule has 1 saturated heterocycles.